The average molecular weight is 290 g/mol. The molecule has 2 rings (SSSR count). The molecule has 0 saturated carbocycles. The third kappa shape index (κ3) is 3.73. The van der Waals surface area contributed by atoms with Gasteiger partial charge in [-0.1, -0.05) is 31.0 Å². The Morgan fingerprint density at radius 3 is 2.60 bits per heavy atom. The standard InChI is InChI=1S/C17H20ClNO/c1-4-5-15-9-14(11-18)10-17(19-15)20-16-7-6-12(2)8-13(16)3/h6-10H,4-5,11H2,1-3H3. The van der Waals surface area contributed by atoms with Crippen LogP contribution in [0.4, 0.5) is 0 Å². The number of rotatable bonds is 5. The molecule has 0 aliphatic heterocycles. The van der Waals surface area contributed by atoms with Gasteiger partial charge in [-0.2, -0.15) is 0 Å². The van der Waals surface area contributed by atoms with Gasteiger partial charge in [-0.05, 0) is 43.5 Å². The van der Waals surface area contributed by atoms with Gasteiger partial charge in [-0.25, -0.2) is 4.98 Å². The predicted octanol–water partition coefficient (Wildman–Crippen LogP) is 5.18. The van der Waals surface area contributed by atoms with Crippen LogP contribution in [-0.4, -0.2) is 4.98 Å². The van der Waals surface area contributed by atoms with Crippen molar-refractivity contribution in [3.05, 3.63) is 52.7 Å². The van der Waals surface area contributed by atoms with Crippen molar-refractivity contribution in [3.8, 4) is 11.6 Å². The summed E-state index contributed by atoms with van der Waals surface area (Å²) in [6.07, 6.45) is 2.00. The van der Waals surface area contributed by atoms with Crippen molar-refractivity contribution < 1.29 is 4.74 Å². The van der Waals surface area contributed by atoms with Crippen LogP contribution in [0.5, 0.6) is 11.6 Å². The molecule has 106 valence electrons. The van der Waals surface area contributed by atoms with Gasteiger partial charge in [0.1, 0.15) is 5.75 Å². The molecule has 0 fully saturated rings. The maximum absolute atomic E-state index is 5.94. The second-order valence-electron chi connectivity index (χ2n) is 5.06. The van der Waals surface area contributed by atoms with Gasteiger partial charge in [0.15, 0.2) is 0 Å². The molecule has 0 saturated heterocycles. The fourth-order valence-corrected chi connectivity index (χ4v) is 2.31. The van der Waals surface area contributed by atoms with E-state index < -0.39 is 0 Å². The van der Waals surface area contributed by atoms with E-state index in [1.165, 1.54) is 5.56 Å². The predicted molar refractivity (Wildman–Crippen MR) is 83.8 cm³/mol. The number of nitrogens with zero attached hydrogens (tertiary/aromatic N) is 1. The summed E-state index contributed by atoms with van der Waals surface area (Å²) < 4.78 is 5.92. The van der Waals surface area contributed by atoms with Crippen molar-refractivity contribution in [3.63, 3.8) is 0 Å². The summed E-state index contributed by atoms with van der Waals surface area (Å²) in [4.78, 5) is 4.55. The number of alkyl halides is 1. The Bertz CT molecular complexity index is 596. The first-order chi connectivity index (χ1) is 9.62. The highest BCUT2D eigenvalue weighted by atomic mass is 35.5. The quantitative estimate of drug-likeness (QED) is 0.707. The minimum atomic E-state index is 0.475. The Morgan fingerprint density at radius 1 is 1.15 bits per heavy atom. The number of pyridine rings is 1. The lowest BCUT2D eigenvalue weighted by Gasteiger charge is -2.11. The van der Waals surface area contributed by atoms with E-state index in [0.29, 0.717) is 11.8 Å². The summed E-state index contributed by atoms with van der Waals surface area (Å²) >= 11 is 5.94. The minimum absolute atomic E-state index is 0.475. The Hall–Kier alpha value is -1.54. The molecule has 0 N–H and O–H groups in total. The molecule has 1 aromatic carbocycles. The van der Waals surface area contributed by atoms with Crippen molar-refractivity contribution in [2.24, 2.45) is 0 Å². The molecule has 0 atom stereocenters. The number of aromatic nitrogens is 1. The van der Waals surface area contributed by atoms with Gasteiger partial charge < -0.3 is 4.74 Å². The van der Waals surface area contributed by atoms with Crippen LogP contribution in [0.3, 0.4) is 0 Å². The van der Waals surface area contributed by atoms with E-state index in [1.54, 1.807) is 0 Å². The van der Waals surface area contributed by atoms with Gasteiger partial charge in [0.25, 0.3) is 0 Å². The Labute approximate surface area is 125 Å². The third-order valence-electron chi connectivity index (χ3n) is 3.12. The second-order valence-corrected chi connectivity index (χ2v) is 5.33. The van der Waals surface area contributed by atoms with Gasteiger partial charge in [0, 0.05) is 17.6 Å². The number of ether oxygens (including phenoxy) is 1. The normalized spacial score (nSPS) is 10.6. The molecule has 3 heteroatoms. The van der Waals surface area contributed by atoms with Crippen LogP contribution < -0.4 is 4.74 Å². The zero-order chi connectivity index (χ0) is 14.5. The molecule has 0 spiro atoms. The summed E-state index contributed by atoms with van der Waals surface area (Å²) in [6.45, 7) is 6.25. The lowest BCUT2D eigenvalue weighted by atomic mass is 10.1. The smallest absolute Gasteiger partial charge is 0.219 e. The van der Waals surface area contributed by atoms with Gasteiger partial charge in [0.2, 0.25) is 5.88 Å². The fraction of sp³-hybridized carbons (Fsp3) is 0.353. The molecule has 2 nitrogen and oxygen atoms in total. The van der Waals surface area contributed by atoms with E-state index in [1.807, 2.05) is 31.2 Å². The first kappa shape index (κ1) is 14.9. The van der Waals surface area contributed by atoms with E-state index >= 15 is 0 Å². The Balaban J connectivity index is 2.29. The lowest BCUT2D eigenvalue weighted by Crippen LogP contribution is -1.97. The Kier molecular flexibility index (Phi) is 5.02. The SMILES string of the molecule is CCCc1cc(CCl)cc(Oc2ccc(C)cc2C)n1. The summed E-state index contributed by atoms with van der Waals surface area (Å²) in [5.41, 5.74) is 4.42. The molecule has 0 unspecified atom stereocenters. The number of benzene rings is 1. The van der Waals surface area contributed by atoms with Gasteiger partial charge in [-0.15, -0.1) is 11.6 Å². The Morgan fingerprint density at radius 2 is 1.95 bits per heavy atom. The minimum Gasteiger partial charge on any atom is -0.439 e. The van der Waals surface area contributed by atoms with Crippen LogP contribution in [0.15, 0.2) is 30.3 Å². The zero-order valence-corrected chi connectivity index (χ0v) is 13.0. The van der Waals surface area contributed by atoms with Crippen LogP contribution in [0, 0.1) is 13.8 Å². The van der Waals surface area contributed by atoms with Crippen LogP contribution in [0.25, 0.3) is 0 Å². The molecule has 0 amide bonds. The maximum Gasteiger partial charge on any atom is 0.219 e. The maximum atomic E-state index is 5.94. The van der Waals surface area contributed by atoms with E-state index in [0.717, 1.165) is 35.4 Å². The van der Waals surface area contributed by atoms with Crippen molar-refractivity contribution in [2.45, 2.75) is 39.5 Å². The van der Waals surface area contributed by atoms with Crippen molar-refractivity contribution in [2.75, 3.05) is 0 Å². The van der Waals surface area contributed by atoms with Crippen molar-refractivity contribution >= 4 is 11.6 Å². The highest BCUT2D eigenvalue weighted by Crippen LogP contribution is 2.26. The molecular formula is C17H20ClNO. The van der Waals surface area contributed by atoms with Crippen molar-refractivity contribution in [1.29, 1.82) is 0 Å². The topological polar surface area (TPSA) is 22.1 Å². The van der Waals surface area contributed by atoms with Gasteiger partial charge in [0.05, 0.1) is 0 Å². The van der Waals surface area contributed by atoms with E-state index in [4.69, 9.17) is 16.3 Å². The van der Waals surface area contributed by atoms with E-state index in [9.17, 15) is 0 Å². The molecule has 1 heterocycles. The summed E-state index contributed by atoms with van der Waals surface area (Å²) in [7, 11) is 0. The molecule has 2 aromatic rings. The zero-order valence-electron chi connectivity index (χ0n) is 12.2. The monoisotopic (exact) mass is 289 g/mol. The van der Waals surface area contributed by atoms with Crippen LogP contribution in [-0.2, 0) is 12.3 Å². The number of halogens is 1. The molecule has 20 heavy (non-hydrogen) atoms. The summed E-state index contributed by atoms with van der Waals surface area (Å²) in [6, 6.07) is 10.1. The molecule has 0 aliphatic carbocycles. The largest absolute Gasteiger partial charge is 0.439 e. The van der Waals surface area contributed by atoms with Gasteiger partial charge in [-0.3, -0.25) is 0 Å². The van der Waals surface area contributed by atoms with Crippen LogP contribution >= 0.6 is 11.6 Å². The first-order valence-corrected chi connectivity index (χ1v) is 7.46. The molecule has 0 aliphatic rings. The number of hydrogen-bond donors (Lipinski definition) is 0. The number of hydrogen-bond acceptors (Lipinski definition) is 2. The fourth-order valence-electron chi connectivity index (χ4n) is 2.16. The average Bonchev–Trinajstić information content (AvgIpc) is 2.42. The highest BCUT2D eigenvalue weighted by Gasteiger charge is 2.06. The molecular weight excluding hydrogens is 270 g/mol. The highest BCUT2D eigenvalue weighted by molar-refractivity contribution is 6.17. The van der Waals surface area contributed by atoms with Crippen LogP contribution in [0.1, 0.15) is 35.7 Å². The number of aryl methyl sites for hydroxylation is 3. The van der Waals surface area contributed by atoms with E-state index in [-0.39, 0.29) is 0 Å². The molecule has 0 bridgehead atoms. The molecule has 1 aromatic heterocycles. The third-order valence-corrected chi connectivity index (χ3v) is 3.43. The van der Waals surface area contributed by atoms with E-state index in [2.05, 4.69) is 24.9 Å². The lowest BCUT2D eigenvalue weighted by molar-refractivity contribution is 0.456. The second kappa shape index (κ2) is 6.76. The first-order valence-electron chi connectivity index (χ1n) is 6.93. The van der Waals surface area contributed by atoms with Gasteiger partial charge >= 0.3 is 0 Å². The van der Waals surface area contributed by atoms with Crippen LogP contribution in [0.2, 0.25) is 0 Å². The summed E-state index contributed by atoms with van der Waals surface area (Å²) in [5.74, 6) is 1.94. The van der Waals surface area contributed by atoms with Crippen molar-refractivity contribution in [1.82, 2.24) is 4.98 Å². The molecule has 0 radical (unpaired) electrons. The summed E-state index contributed by atoms with van der Waals surface area (Å²) in [5, 5.41) is 0.